The molecule has 2 aromatic heterocycles. The van der Waals surface area contributed by atoms with E-state index < -0.39 is 0 Å². The van der Waals surface area contributed by atoms with Crippen molar-refractivity contribution < 1.29 is 0 Å². The van der Waals surface area contributed by atoms with E-state index in [1.807, 2.05) is 6.92 Å². The number of nitrogens with one attached hydrogen (secondary N) is 3. The molecule has 5 rings (SSSR count). The van der Waals surface area contributed by atoms with Crippen LogP contribution in [0.3, 0.4) is 0 Å². The second-order valence-corrected chi connectivity index (χ2v) is 8.42. The minimum Gasteiger partial charge on any atom is -0.383 e. The van der Waals surface area contributed by atoms with Crippen LogP contribution in [-0.2, 0) is 0 Å². The van der Waals surface area contributed by atoms with E-state index in [4.69, 9.17) is 11.6 Å². The van der Waals surface area contributed by atoms with E-state index in [9.17, 15) is 10.5 Å². The lowest BCUT2D eigenvalue weighted by molar-refractivity contribution is 0.887. The van der Waals surface area contributed by atoms with Crippen molar-refractivity contribution in [1.29, 1.82) is 10.5 Å². The summed E-state index contributed by atoms with van der Waals surface area (Å²) in [5.41, 5.74) is 3.40. The van der Waals surface area contributed by atoms with Crippen LogP contribution < -0.4 is 16.0 Å². The lowest BCUT2D eigenvalue weighted by atomic mass is 10.1. The molecule has 2 saturated carbocycles. The van der Waals surface area contributed by atoms with E-state index in [-0.39, 0.29) is 5.95 Å². The maximum absolute atomic E-state index is 9.61. The number of nitriles is 2. The molecule has 0 atom stereocenters. The van der Waals surface area contributed by atoms with Gasteiger partial charge in [0.15, 0.2) is 17.2 Å². The third-order valence-corrected chi connectivity index (χ3v) is 5.94. The SMILES string of the molecule is Cc1c(C#N)cc(Nc2nc(NC3CC3)c3ncc(C#N)n3n2)c(Cl)c1NCC1CC1. The van der Waals surface area contributed by atoms with Gasteiger partial charge in [0.25, 0.3) is 0 Å². The highest BCUT2D eigenvalue weighted by atomic mass is 35.5. The van der Waals surface area contributed by atoms with Crippen LogP contribution in [0.2, 0.25) is 5.02 Å². The van der Waals surface area contributed by atoms with Crippen LogP contribution in [0.4, 0.5) is 23.1 Å². The molecule has 0 aliphatic heterocycles. The van der Waals surface area contributed by atoms with Gasteiger partial charge in [0, 0.05) is 12.6 Å². The summed E-state index contributed by atoms with van der Waals surface area (Å²) in [7, 11) is 0. The van der Waals surface area contributed by atoms with E-state index in [2.05, 4.69) is 43.2 Å². The van der Waals surface area contributed by atoms with Crippen molar-refractivity contribution in [1.82, 2.24) is 19.6 Å². The summed E-state index contributed by atoms with van der Waals surface area (Å²) in [5.74, 6) is 1.47. The van der Waals surface area contributed by atoms with Crippen molar-refractivity contribution in [2.45, 2.75) is 38.6 Å². The lowest BCUT2D eigenvalue weighted by Gasteiger charge is -2.17. The summed E-state index contributed by atoms with van der Waals surface area (Å²) in [6.45, 7) is 2.71. The molecular formula is C21H20ClN9. The summed E-state index contributed by atoms with van der Waals surface area (Å²) < 4.78 is 1.46. The molecule has 2 fully saturated rings. The number of benzene rings is 1. The maximum Gasteiger partial charge on any atom is 0.247 e. The fourth-order valence-electron chi connectivity index (χ4n) is 3.38. The van der Waals surface area contributed by atoms with Gasteiger partial charge in [-0.15, -0.1) is 5.10 Å². The van der Waals surface area contributed by atoms with Gasteiger partial charge in [0.2, 0.25) is 5.95 Å². The Morgan fingerprint density at radius 1 is 1.23 bits per heavy atom. The molecule has 3 aromatic rings. The standard InChI is InChI=1S/C21H20ClN9/c1-11-13(7-23)6-16(17(22)18(11)25-9-12-2-3-12)28-21-29-19(27-14-4-5-14)20-26-10-15(8-24)31(20)30-21/h6,10,12,14,25H,2-5,9H2,1H3,(H2,27,28,29,30). The first-order valence-electron chi connectivity index (χ1n) is 10.2. The fraction of sp³-hybridized carbons (Fsp3) is 0.381. The second kappa shape index (κ2) is 7.60. The first-order valence-corrected chi connectivity index (χ1v) is 10.6. The molecule has 156 valence electrons. The largest absolute Gasteiger partial charge is 0.383 e. The maximum atomic E-state index is 9.61. The van der Waals surface area contributed by atoms with Gasteiger partial charge in [-0.2, -0.15) is 20.0 Å². The highest BCUT2D eigenvalue weighted by Crippen LogP contribution is 2.38. The van der Waals surface area contributed by atoms with Crippen LogP contribution >= 0.6 is 11.6 Å². The number of rotatable bonds is 7. The van der Waals surface area contributed by atoms with Gasteiger partial charge >= 0.3 is 0 Å². The predicted octanol–water partition coefficient (Wildman–Crippen LogP) is 3.97. The summed E-state index contributed by atoms with van der Waals surface area (Å²) in [4.78, 5) is 8.85. The summed E-state index contributed by atoms with van der Waals surface area (Å²) >= 11 is 6.71. The highest BCUT2D eigenvalue weighted by molar-refractivity contribution is 6.36. The Labute approximate surface area is 184 Å². The summed E-state index contributed by atoms with van der Waals surface area (Å²) in [6, 6.07) is 6.37. The quantitative estimate of drug-likeness (QED) is 0.510. The van der Waals surface area contributed by atoms with Crippen LogP contribution in [0.25, 0.3) is 5.65 Å². The molecule has 0 radical (unpaired) electrons. The minimum atomic E-state index is 0.257. The van der Waals surface area contributed by atoms with Crippen molar-refractivity contribution in [2.24, 2.45) is 5.92 Å². The molecule has 2 aliphatic carbocycles. The van der Waals surface area contributed by atoms with E-state index in [0.717, 1.165) is 30.6 Å². The Balaban J connectivity index is 1.54. The molecule has 1 aromatic carbocycles. The molecule has 2 heterocycles. The third-order valence-electron chi connectivity index (χ3n) is 5.55. The molecule has 0 spiro atoms. The number of hydrogen-bond donors (Lipinski definition) is 3. The van der Waals surface area contributed by atoms with Gasteiger partial charge in [-0.3, -0.25) is 0 Å². The Morgan fingerprint density at radius 3 is 2.71 bits per heavy atom. The molecule has 0 amide bonds. The minimum absolute atomic E-state index is 0.257. The van der Waals surface area contributed by atoms with Gasteiger partial charge in [-0.1, -0.05) is 11.6 Å². The van der Waals surface area contributed by atoms with Crippen molar-refractivity contribution in [3.8, 4) is 12.1 Å². The Hall–Kier alpha value is -3.56. The molecule has 10 heteroatoms. The number of fused-ring (bicyclic) bond motifs is 1. The lowest BCUT2D eigenvalue weighted by Crippen LogP contribution is -2.12. The first kappa shape index (κ1) is 19.4. The average Bonchev–Trinajstić information content (AvgIpc) is 3.69. The average molecular weight is 434 g/mol. The van der Waals surface area contributed by atoms with E-state index in [0.29, 0.717) is 45.4 Å². The molecular weight excluding hydrogens is 414 g/mol. The van der Waals surface area contributed by atoms with Gasteiger partial charge in [0.1, 0.15) is 6.07 Å². The number of hydrogen-bond acceptors (Lipinski definition) is 8. The van der Waals surface area contributed by atoms with E-state index in [1.54, 1.807) is 6.07 Å². The molecule has 2 aliphatic rings. The van der Waals surface area contributed by atoms with Crippen molar-refractivity contribution in [3.63, 3.8) is 0 Å². The zero-order valence-electron chi connectivity index (χ0n) is 16.9. The zero-order chi connectivity index (χ0) is 21.5. The van der Waals surface area contributed by atoms with Gasteiger partial charge in [-0.25, -0.2) is 4.98 Å². The van der Waals surface area contributed by atoms with E-state index >= 15 is 0 Å². The molecule has 31 heavy (non-hydrogen) atoms. The van der Waals surface area contributed by atoms with Gasteiger partial charge < -0.3 is 16.0 Å². The molecule has 0 saturated heterocycles. The van der Waals surface area contributed by atoms with Crippen molar-refractivity contribution in [3.05, 3.63) is 34.1 Å². The number of aromatic nitrogens is 4. The normalized spacial score (nSPS) is 15.4. The monoisotopic (exact) mass is 433 g/mol. The Morgan fingerprint density at radius 2 is 2.03 bits per heavy atom. The van der Waals surface area contributed by atoms with Crippen LogP contribution in [0, 0.1) is 35.5 Å². The third kappa shape index (κ3) is 3.80. The van der Waals surface area contributed by atoms with Crippen molar-refractivity contribution in [2.75, 3.05) is 22.5 Å². The molecule has 3 N–H and O–H groups in total. The smallest absolute Gasteiger partial charge is 0.247 e. The summed E-state index contributed by atoms with van der Waals surface area (Å²) in [6.07, 6.45) is 6.03. The van der Waals surface area contributed by atoms with Crippen LogP contribution in [0.5, 0.6) is 0 Å². The van der Waals surface area contributed by atoms with Gasteiger partial charge in [-0.05, 0) is 50.2 Å². The molecule has 9 nitrogen and oxygen atoms in total. The van der Waals surface area contributed by atoms with Crippen LogP contribution in [-0.4, -0.2) is 32.2 Å². The van der Waals surface area contributed by atoms with Crippen LogP contribution in [0.1, 0.15) is 42.5 Å². The number of imidazole rings is 1. The van der Waals surface area contributed by atoms with Gasteiger partial charge in [0.05, 0.1) is 34.2 Å². The molecule has 0 unspecified atom stereocenters. The highest BCUT2D eigenvalue weighted by Gasteiger charge is 2.25. The number of halogens is 1. The second-order valence-electron chi connectivity index (χ2n) is 8.04. The molecule has 0 bridgehead atoms. The first-order chi connectivity index (χ1) is 15.1. The zero-order valence-corrected chi connectivity index (χ0v) is 17.7. The van der Waals surface area contributed by atoms with E-state index in [1.165, 1.54) is 23.6 Å². The predicted molar refractivity (Wildman–Crippen MR) is 118 cm³/mol. The Kier molecular flexibility index (Phi) is 4.76. The fourth-order valence-corrected chi connectivity index (χ4v) is 3.69. The number of nitrogens with zero attached hydrogens (tertiary/aromatic N) is 6. The number of anilines is 4. The topological polar surface area (TPSA) is 127 Å². The van der Waals surface area contributed by atoms with Crippen molar-refractivity contribution >= 4 is 40.4 Å². The Bertz CT molecular complexity index is 1260. The van der Waals surface area contributed by atoms with Crippen LogP contribution in [0.15, 0.2) is 12.3 Å². The summed E-state index contributed by atoms with van der Waals surface area (Å²) in [5, 5.41) is 33.8.